The number of anilines is 1. The first-order chi connectivity index (χ1) is 13.2. The van der Waals surface area contributed by atoms with Crippen molar-refractivity contribution in [3.63, 3.8) is 0 Å². The van der Waals surface area contributed by atoms with Gasteiger partial charge in [0.1, 0.15) is 11.8 Å². The van der Waals surface area contributed by atoms with Gasteiger partial charge in [-0.05, 0) is 36.8 Å². The van der Waals surface area contributed by atoms with Crippen molar-refractivity contribution in [1.82, 2.24) is 15.0 Å². The normalized spacial score (nSPS) is 16.3. The van der Waals surface area contributed by atoms with Gasteiger partial charge >= 0.3 is 0 Å². The molecule has 1 unspecified atom stereocenters. The number of hydrogen-bond donors (Lipinski definition) is 0. The van der Waals surface area contributed by atoms with Crippen molar-refractivity contribution in [3.8, 4) is 17.3 Å². The first-order valence-corrected chi connectivity index (χ1v) is 8.95. The third-order valence-electron chi connectivity index (χ3n) is 4.60. The van der Waals surface area contributed by atoms with Crippen LogP contribution in [-0.4, -0.2) is 40.4 Å². The van der Waals surface area contributed by atoms with E-state index in [0.717, 1.165) is 36.2 Å². The average Bonchev–Trinajstić information content (AvgIpc) is 3.18. The van der Waals surface area contributed by atoms with Gasteiger partial charge in [0.05, 0.1) is 23.6 Å². The number of ether oxygens (including phenoxy) is 1. The summed E-state index contributed by atoms with van der Waals surface area (Å²) in [4.78, 5) is 26.9. The van der Waals surface area contributed by atoms with E-state index in [-0.39, 0.29) is 6.10 Å². The number of carbonyl (C=O) groups excluding carboxylic acids is 1. The fourth-order valence-corrected chi connectivity index (χ4v) is 3.22. The summed E-state index contributed by atoms with van der Waals surface area (Å²) in [6, 6.07) is 13.3. The minimum atomic E-state index is 0.0372. The highest BCUT2D eigenvalue weighted by Gasteiger charge is 2.26. The van der Waals surface area contributed by atoms with Crippen LogP contribution in [0.25, 0.3) is 11.4 Å². The number of carbonyl (C=O) groups is 1. The maximum Gasteiger partial charge on any atom is 0.213 e. The molecule has 0 bridgehead atoms. The molecule has 136 valence electrons. The molecule has 0 amide bonds. The monoisotopic (exact) mass is 360 g/mol. The lowest BCUT2D eigenvalue weighted by molar-refractivity contribution is 0.111. The van der Waals surface area contributed by atoms with E-state index in [2.05, 4.69) is 19.9 Å². The summed E-state index contributed by atoms with van der Waals surface area (Å²) in [6.07, 6.45) is 5.22. The van der Waals surface area contributed by atoms with Gasteiger partial charge in [0.25, 0.3) is 0 Å². The van der Waals surface area contributed by atoms with E-state index < -0.39 is 0 Å². The lowest BCUT2D eigenvalue weighted by Crippen LogP contribution is -2.25. The first kappa shape index (κ1) is 17.1. The molecule has 3 aromatic rings. The van der Waals surface area contributed by atoms with Gasteiger partial charge < -0.3 is 9.64 Å². The zero-order valence-corrected chi connectivity index (χ0v) is 15.1. The van der Waals surface area contributed by atoms with Gasteiger partial charge in [0, 0.05) is 31.4 Å². The highest BCUT2D eigenvalue weighted by Crippen LogP contribution is 2.27. The predicted octanol–water partition coefficient (Wildman–Crippen LogP) is 3.32. The fourth-order valence-electron chi connectivity index (χ4n) is 3.22. The van der Waals surface area contributed by atoms with E-state index in [9.17, 15) is 4.79 Å². The summed E-state index contributed by atoms with van der Waals surface area (Å²) in [6.45, 7) is 3.50. The quantitative estimate of drug-likeness (QED) is 0.650. The van der Waals surface area contributed by atoms with Gasteiger partial charge in [-0.15, -0.1) is 0 Å². The maximum absolute atomic E-state index is 11.6. The van der Waals surface area contributed by atoms with Crippen LogP contribution in [0.1, 0.15) is 22.5 Å². The molecule has 1 atom stereocenters. The van der Waals surface area contributed by atoms with E-state index in [0.29, 0.717) is 23.8 Å². The van der Waals surface area contributed by atoms with Crippen LogP contribution in [0.2, 0.25) is 0 Å². The van der Waals surface area contributed by atoms with E-state index in [1.807, 2.05) is 49.4 Å². The number of hydrogen-bond acceptors (Lipinski definition) is 6. The van der Waals surface area contributed by atoms with Crippen LogP contribution in [0.15, 0.2) is 54.9 Å². The van der Waals surface area contributed by atoms with Crippen LogP contribution < -0.4 is 9.64 Å². The minimum absolute atomic E-state index is 0.0372. The third-order valence-corrected chi connectivity index (χ3v) is 4.60. The van der Waals surface area contributed by atoms with E-state index >= 15 is 0 Å². The molecule has 1 saturated heterocycles. The van der Waals surface area contributed by atoms with Crippen LogP contribution in [0.3, 0.4) is 0 Å². The topological polar surface area (TPSA) is 68.2 Å². The molecule has 6 heteroatoms. The smallest absolute Gasteiger partial charge is 0.213 e. The molecule has 0 radical (unpaired) electrons. The van der Waals surface area contributed by atoms with Crippen molar-refractivity contribution in [2.75, 3.05) is 18.0 Å². The predicted molar refractivity (Wildman–Crippen MR) is 103 cm³/mol. The molecule has 1 fully saturated rings. The highest BCUT2D eigenvalue weighted by molar-refractivity contribution is 5.83. The van der Waals surface area contributed by atoms with E-state index in [4.69, 9.17) is 4.74 Å². The summed E-state index contributed by atoms with van der Waals surface area (Å²) in [5.74, 6) is 0.631. The first-order valence-electron chi connectivity index (χ1n) is 8.95. The van der Waals surface area contributed by atoms with Gasteiger partial charge in [-0.1, -0.05) is 12.1 Å². The Morgan fingerprint density at radius 3 is 2.78 bits per heavy atom. The number of aldehydes is 1. The molecule has 27 heavy (non-hydrogen) atoms. The van der Waals surface area contributed by atoms with Crippen molar-refractivity contribution < 1.29 is 9.53 Å². The molecule has 4 rings (SSSR count). The second kappa shape index (κ2) is 7.53. The second-order valence-electron chi connectivity index (χ2n) is 6.58. The number of rotatable bonds is 5. The number of pyridine rings is 3. The molecule has 0 N–H and O–H groups in total. The summed E-state index contributed by atoms with van der Waals surface area (Å²) in [7, 11) is 0. The van der Waals surface area contributed by atoms with E-state index in [1.54, 1.807) is 12.4 Å². The zero-order valence-electron chi connectivity index (χ0n) is 15.1. The number of nitrogens with zero attached hydrogens (tertiary/aromatic N) is 4. The summed E-state index contributed by atoms with van der Waals surface area (Å²) in [5.41, 5.74) is 3.79. The van der Waals surface area contributed by atoms with Gasteiger partial charge in [0.15, 0.2) is 6.29 Å². The van der Waals surface area contributed by atoms with Crippen LogP contribution in [0, 0.1) is 6.92 Å². The third kappa shape index (κ3) is 3.79. The molecule has 0 saturated carbocycles. The molecule has 1 aliphatic heterocycles. The standard InChI is InChI=1S/C21H20N4O2/c1-15-5-8-21(23-12-15)27-16-9-11-25(13-16)20-7-6-18(24-19(20)14-26)17-4-2-3-10-22-17/h2-8,10,12,14,16H,9,11,13H2,1H3. The molecule has 3 aromatic heterocycles. The molecule has 0 aliphatic carbocycles. The molecule has 1 aliphatic rings. The Morgan fingerprint density at radius 1 is 1.11 bits per heavy atom. The van der Waals surface area contributed by atoms with Crippen LogP contribution in [-0.2, 0) is 0 Å². The maximum atomic E-state index is 11.6. The SMILES string of the molecule is Cc1ccc(OC2CCN(c3ccc(-c4ccccn4)nc3C=O)C2)nc1. The Bertz CT molecular complexity index is 929. The Labute approximate surface area is 157 Å². The van der Waals surface area contributed by atoms with Gasteiger partial charge in [-0.25, -0.2) is 9.97 Å². The Balaban J connectivity index is 1.50. The lowest BCUT2D eigenvalue weighted by Gasteiger charge is -2.20. The van der Waals surface area contributed by atoms with E-state index in [1.165, 1.54) is 0 Å². The molecule has 0 spiro atoms. The van der Waals surface area contributed by atoms with Crippen molar-refractivity contribution in [1.29, 1.82) is 0 Å². The highest BCUT2D eigenvalue weighted by atomic mass is 16.5. The Morgan fingerprint density at radius 2 is 2.04 bits per heavy atom. The molecular formula is C21H20N4O2. The summed E-state index contributed by atoms with van der Waals surface area (Å²) in [5, 5.41) is 0. The molecule has 4 heterocycles. The summed E-state index contributed by atoms with van der Waals surface area (Å²) >= 11 is 0. The lowest BCUT2D eigenvalue weighted by atomic mass is 10.2. The second-order valence-corrected chi connectivity index (χ2v) is 6.58. The van der Waals surface area contributed by atoms with Gasteiger partial charge in [-0.3, -0.25) is 9.78 Å². The summed E-state index contributed by atoms with van der Waals surface area (Å²) < 4.78 is 5.98. The van der Waals surface area contributed by atoms with Crippen molar-refractivity contribution >= 4 is 12.0 Å². The molecule has 6 nitrogen and oxygen atoms in total. The average molecular weight is 360 g/mol. The van der Waals surface area contributed by atoms with Crippen molar-refractivity contribution in [2.24, 2.45) is 0 Å². The minimum Gasteiger partial charge on any atom is -0.472 e. The zero-order chi connectivity index (χ0) is 18.6. The van der Waals surface area contributed by atoms with Crippen molar-refractivity contribution in [2.45, 2.75) is 19.4 Å². The Kier molecular flexibility index (Phi) is 4.78. The molecule has 0 aromatic carbocycles. The molecular weight excluding hydrogens is 340 g/mol. The number of aromatic nitrogens is 3. The van der Waals surface area contributed by atoms with Gasteiger partial charge in [0.2, 0.25) is 5.88 Å². The van der Waals surface area contributed by atoms with Gasteiger partial charge in [-0.2, -0.15) is 0 Å². The van der Waals surface area contributed by atoms with Crippen LogP contribution in [0.5, 0.6) is 5.88 Å². The van der Waals surface area contributed by atoms with Crippen molar-refractivity contribution in [3.05, 3.63) is 66.1 Å². The largest absolute Gasteiger partial charge is 0.472 e. The number of aryl methyl sites for hydroxylation is 1. The van der Waals surface area contributed by atoms with Crippen LogP contribution in [0.4, 0.5) is 5.69 Å². The fraction of sp³-hybridized carbons (Fsp3) is 0.238. The van der Waals surface area contributed by atoms with Crippen LogP contribution >= 0.6 is 0 Å². The Hall–Kier alpha value is -3.28.